The SMILES string of the molecule is CC(C)n1ncc2cc(C(=O)Nc3cc(Cl)ccc3OCC(F)(F)F)cnc21. The largest absolute Gasteiger partial charge is 0.482 e. The summed E-state index contributed by atoms with van der Waals surface area (Å²) in [5.74, 6) is -0.706. The second-order valence-corrected chi connectivity index (χ2v) is 6.75. The van der Waals surface area contributed by atoms with Crippen molar-refractivity contribution >= 4 is 34.2 Å². The summed E-state index contributed by atoms with van der Waals surface area (Å²) in [5.41, 5.74) is 0.876. The number of carbonyl (C=O) groups is 1. The van der Waals surface area contributed by atoms with Crippen LogP contribution in [0.5, 0.6) is 5.75 Å². The summed E-state index contributed by atoms with van der Waals surface area (Å²) >= 11 is 5.89. The fraction of sp³-hybridized carbons (Fsp3) is 0.278. The van der Waals surface area contributed by atoms with Gasteiger partial charge in [-0.1, -0.05) is 11.6 Å². The van der Waals surface area contributed by atoms with Crippen molar-refractivity contribution in [2.24, 2.45) is 0 Å². The zero-order chi connectivity index (χ0) is 20.5. The molecule has 10 heteroatoms. The molecular formula is C18H16ClF3N4O2. The molecule has 3 rings (SSSR count). The van der Waals surface area contributed by atoms with Gasteiger partial charge in [0.15, 0.2) is 12.3 Å². The second-order valence-electron chi connectivity index (χ2n) is 6.32. The smallest absolute Gasteiger partial charge is 0.422 e. The van der Waals surface area contributed by atoms with Crippen LogP contribution < -0.4 is 10.1 Å². The molecule has 0 aliphatic carbocycles. The predicted molar refractivity (Wildman–Crippen MR) is 98.9 cm³/mol. The summed E-state index contributed by atoms with van der Waals surface area (Å²) < 4.78 is 43.8. The normalized spacial score (nSPS) is 11.8. The van der Waals surface area contributed by atoms with E-state index in [0.717, 1.165) is 0 Å². The molecule has 0 aliphatic heterocycles. The highest BCUT2D eigenvalue weighted by molar-refractivity contribution is 6.31. The Kier molecular flexibility index (Phi) is 5.46. The first kappa shape index (κ1) is 19.9. The molecule has 0 unspecified atom stereocenters. The summed E-state index contributed by atoms with van der Waals surface area (Å²) in [6.45, 7) is 2.42. The first-order valence-electron chi connectivity index (χ1n) is 8.28. The predicted octanol–water partition coefficient (Wildman–Crippen LogP) is 4.86. The fourth-order valence-corrected chi connectivity index (χ4v) is 2.69. The van der Waals surface area contributed by atoms with Crippen LogP contribution in [0.1, 0.15) is 30.2 Å². The van der Waals surface area contributed by atoms with Gasteiger partial charge in [-0.3, -0.25) is 4.79 Å². The summed E-state index contributed by atoms with van der Waals surface area (Å²) in [5, 5.41) is 7.65. The van der Waals surface area contributed by atoms with Gasteiger partial charge in [0.1, 0.15) is 5.75 Å². The minimum absolute atomic E-state index is 0.0275. The number of ether oxygens (including phenoxy) is 1. The Balaban J connectivity index is 1.84. The van der Waals surface area contributed by atoms with Crippen LogP contribution >= 0.6 is 11.6 Å². The third-order valence-electron chi connectivity index (χ3n) is 3.77. The molecule has 1 amide bonds. The number of carbonyl (C=O) groups excluding carboxylic acids is 1. The second kappa shape index (κ2) is 7.67. The number of fused-ring (bicyclic) bond motifs is 1. The molecule has 0 fully saturated rings. The number of hydrogen-bond donors (Lipinski definition) is 1. The standard InChI is InChI=1S/C18H16ClF3N4O2/c1-10(2)26-16-11(8-24-26)5-12(7-23-16)17(27)25-14-6-13(19)3-4-15(14)28-9-18(20,21)22/h3-8,10H,9H2,1-2H3,(H,25,27). The molecule has 2 heterocycles. The lowest BCUT2D eigenvalue weighted by Gasteiger charge is -2.14. The van der Waals surface area contributed by atoms with E-state index in [2.05, 4.69) is 15.4 Å². The number of anilines is 1. The van der Waals surface area contributed by atoms with Gasteiger partial charge < -0.3 is 10.1 Å². The van der Waals surface area contributed by atoms with Crippen molar-refractivity contribution in [3.63, 3.8) is 0 Å². The van der Waals surface area contributed by atoms with Gasteiger partial charge in [-0.15, -0.1) is 0 Å². The average molecular weight is 413 g/mol. The number of nitrogens with zero attached hydrogens (tertiary/aromatic N) is 3. The van der Waals surface area contributed by atoms with E-state index in [4.69, 9.17) is 16.3 Å². The molecule has 0 saturated carbocycles. The Morgan fingerprint density at radius 2 is 2.04 bits per heavy atom. The number of nitrogens with one attached hydrogen (secondary N) is 1. The molecule has 2 aromatic heterocycles. The van der Waals surface area contributed by atoms with Crippen molar-refractivity contribution in [1.82, 2.24) is 14.8 Å². The number of alkyl halides is 3. The van der Waals surface area contributed by atoms with Gasteiger partial charge in [-0.2, -0.15) is 18.3 Å². The highest BCUT2D eigenvalue weighted by atomic mass is 35.5. The van der Waals surface area contributed by atoms with Gasteiger partial charge in [-0.05, 0) is 38.1 Å². The lowest BCUT2D eigenvalue weighted by Crippen LogP contribution is -2.20. The Morgan fingerprint density at radius 1 is 1.29 bits per heavy atom. The molecule has 0 aliphatic rings. The Bertz CT molecular complexity index is 1020. The number of amides is 1. The third kappa shape index (κ3) is 4.53. The summed E-state index contributed by atoms with van der Waals surface area (Å²) in [7, 11) is 0. The number of pyridine rings is 1. The van der Waals surface area contributed by atoms with Crippen molar-refractivity contribution in [3.8, 4) is 5.75 Å². The van der Waals surface area contributed by atoms with Crippen LogP contribution in [0.3, 0.4) is 0 Å². The van der Waals surface area contributed by atoms with Gasteiger partial charge in [-0.25, -0.2) is 9.67 Å². The molecule has 1 aromatic carbocycles. The van der Waals surface area contributed by atoms with E-state index < -0.39 is 18.7 Å². The van der Waals surface area contributed by atoms with Gasteiger partial charge in [0, 0.05) is 22.6 Å². The third-order valence-corrected chi connectivity index (χ3v) is 4.00. The molecule has 0 radical (unpaired) electrons. The maximum atomic E-state index is 12.6. The van der Waals surface area contributed by atoms with Crippen LogP contribution in [0, 0.1) is 0 Å². The number of halogens is 4. The van der Waals surface area contributed by atoms with Gasteiger partial charge in [0.25, 0.3) is 5.91 Å². The van der Waals surface area contributed by atoms with Crippen LogP contribution in [0.4, 0.5) is 18.9 Å². The van der Waals surface area contributed by atoms with Crippen molar-refractivity contribution in [3.05, 3.63) is 47.2 Å². The monoisotopic (exact) mass is 412 g/mol. The highest BCUT2D eigenvalue weighted by Gasteiger charge is 2.29. The summed E-state index contributed by atoms with van der Waals surface area (Å²) in [6.07, 6.45) is -1.54. The molecule has 0 atom stereocenters. The van der Waals surface area contributed by atoms with E-state index in [0.29, 0.717) is 11.0 Å². The van der Waals surface area contributed by atoms with Crippen LogP contribution in [0.2, 0.25) is 5.02 Å². The van der Waals surface area contributed by atoms with E-state index in [1.165, 1.54) is 24.4 Å². The fourth-order valence-electron chi connectivity index (χ4n) is 2.52. The van der Waals surface area contributed by atoms with E-state index in [1.807, 2.05) is 13.8 Å². The first-order valence-corrected chi connectivity index (χ1v) is 8.65. The first-order chi connectivity index (χ1) is 13.1. The van der Waals surface area contributed by atoms with Gasteiger partial charge in [0.05, 0.1) is 17.4 Å². The average Bonchev–Trinajstić information content (AvgIpc) is 3.03. The Hall–Kier alpha value is -2.81. The summed E-state index contributed by atoms with van der Waals surface area (Å²) in [6, 6.07) is 5.65. The van der Waals surface area contributed by atoms with E-state index in [1.54, 1.807) is 16.9 Å². The Morgan fingerprint density at radius 3 is 2.71 bits per heavy atom. The molecule has 0 bridgehead atoms. The lowest BCUT2D eigenvalue weighted by atomic mass is 10.2. The van der Waals surface area contributed by atoms with Crippen LogP contribution in [-0.4, -0.2) is 33.5 Å². The number of benzene rings is 1. The topological polar surface area (TPSA) is 69.0 Å². The molecule has 0 spiro atoms. The van der Waals surface area contributed by atoms with E-state index in [-0.39, 0.29) is 28.1 Å². The molecule has 28 heavy (non-hydrogen) atoms. The molecular weight excluding hydrogens is 397 g/mol. The molecule has 3 aromatic rings. The van der Waals surface area contributed by atoms with Crippen LogP contribution in [0.15, 0.2) is 36.7 Å². The van der Waals surface area contributed by atoms with Crippen LogP contribution in [-0.2, 0) is 0 Å². The van der Waals surface area contributed by atoms with E-state index >= 15 is 0 Å². The molecule has 6 nitrogen and oxygen atoms in total. The van der Waals surface area contributed by atoms with Crippen molar-refractivity contribution < 1.29 is 22.7 Å². The maximum Gasteiger partial charge on any atom is 0.422 e. The quantitative estimate of drug-likeness (QED) is 0.649. The number of rotatable bonds is 5. The van der Waals surface area contributed by atoms with Gasteiger partial charge >= 0.3 is 6.18 Å². The zero-order valence-electron chi connectivity index (χ0n) is 14.9. The molecule has 148 valence electrons. The van der Waals surface area contributed by atoms with Crippen molar-refractivity contribution in [2.75, 3.05) is 11.9 Å². The molecule has 1 N–H and O–H groups in total. The number of hydrogen-bond acceptors (Lipinski definition) is 4. The highest BCUT2D eigenvalue weighted by Crippen LogP contribution is 2.30. The maximum absolute atomic E-state index is 12.6. The zero-order valence-corrected chi connectivity index (χ0v) is 15.7. The van der Waals surface area contributed by atoms with Crippen molar-refractivity contribution in [2.45, 2.75) is 26.1 Å². The summed E-state index contributed by atoms with van der Waals surface area (Å²) in [4.78, 5) is 16.8. The van der Waals surface area contributed by atoms with Crippen molar-refractivity contribution in [1.29, 1.82) is 0 Å². The minimum atomic E-state index is -4.51. The lowest BCUT2D eigenvalue weighted by molar-refractivity contribution is -0.153. The Labute approximate surface area is 163 Å². The number of aromatic nitrogens is 3. The minimum Gasteiger partial charge on any atom is -0.482 e. The van der Waals surface area contributed by atoms with Gasteiger partial charge in [0.2, 0.25) is 0 Å². The van der Waals surface area contributed by atoms with E-state index in [9.17, 15) is 18.0 Å². The van der Waals surface area contributed by atoms with Crippen LogP contribution in [0.25, 0.3) is 11.0 Å². The molecule has 0 saturated heterocycles.